The van der Waals surface area contributed by atoms with Gasteiger partial charge in [0.25, 0.3) is 0 Å². The van der Waals surface area contributed by atoms with Crippen LogP contribution in [0.25, 0.3) is 11.3 Å². The smallest absolute Gasteiger partial charge is 0.317 e. The first-order valence-corrected chi connectivity index (χ1v) is 8.42. The number of amides is 2. The van der Waals surface area contributed by atoms with Crippen molar-refractivity contribution in [3.05, 3.63) is 47.2 Å². The maximum atomic E-state index is 12.3. The van der Waals surface area contributed by atoms with Gasteiger partial charge in [-0.2, -0.15) is 0 Å². The molecule has 24 heavy (non-hydrogen) atoms. The van der Waals surface area contributed by atoms with Crippen LogP contribution in [0, 0.1) is 0 Å². The molecule has 128 valence electrons. The molecule has 0 aliphatic carbocycles. The summed E-state index contributed by atoms with van der Waals surface area (Å²) in [6.07, 6.45) is 0.102. The van der Waals surface area contributed by atoms with Crippen LogP contribution in [0.2, 0.25) is 5.02 Å². The summed E-state index contributed by atoms with van der Waals surface area (Å²) in [5, 5.41) is 3.53. The van der Waals surface area contributed by atoms with Crippen molar-refractivity contribution in [3.63, 3.8) is 0 Å². The van der Waals surface area contributed by atoms with Gasteiger partial charge in [-0.3, -0.25) is 0 Å². The van der Waals surface area contributed by atoms with E-state index in [4.69, 9.17) is 20.8 Å². The number of urea groups is 1. The van der Waals surface area contributed by atoms with Gasteiger partial charge < -0.3 is 19.4 Å². The number of furan rings is 1. The Balaban J connectivity index is 1.59. The Hall–Kier alpha value is -1.98. The number of carbonyl (C=O) groups is 1. The van der Waals surface area contributed by atoms with Gasteiger partial charge >= 0.3 is 6.03 Å². The zero-order valence-corrected chi connectivity index (χ0v) is 14.5. The monoisotopic (exact) mass is 348 g/mol. The van der Waals surface area contributed by atoms with Crippen molar-refractivity contribution in [3.8, 4) is 11.3 Å². The highest BCUT2D eigenvalue weighted by Gasteiger charge is 2.25. The molecular weight excluding hydrogens is 328 g/mol. The standard InChI is InChI=1S/C18H21ClN2O3/c1-12-10-21(11-13(2)23-12)18(22)20-9-14-7-8-17(24-14)15-5-3-4-6-16(15)19/h3-8,12-13H,9-11H2,1-2H3,(H,20,22)/t12-,13+. The number of hydrogen-bond donors (Lipinski definition) is 1. The summed E-state index contributed by atoms with van der Waals surface area (Å²) < 4.78 is 11.4. The van der Waals surface area contributed by atoms with Crippen LogP contribution in [0.4, 0.5) is 4.79 Å². The first-order chi connectivity index (χ1) is 11.5. The molecule has 3 rings (SSSR count). The fourth-order valence-electron chi connectivity index (χ4n) is 2.90. The maximum Gasteiger partial charge on any atom is 0.317 e. The molecular formula is C18H21ClN2O3. The molecule has 0 saturated carbocycles. The minimum Gasteiger partial charge on any atom is -0.459 e. The van der Waals surface area contributed by atoms with E-state index < -0.39 is 0 Å². The average Bonchev–Trinajstić information content (AvgIpc) is 3.01. The molecule has 1 aromatic carbocycles. The van der Waals surface area contributed by atoms with Gasteiger partial charge in [-0.1, -0.05) is 23.7 Å². The number of nitrogens with zero attached hydrogens (tertiary/aromatic N) is 1. The molecule has 2 atom stereocenters. The summed E-state index contributed by atoms with van der Waals surface area (Å²) in [4.78, 5) is 14.1. The predicted octanol–water partition coefficient (Wildman–Crippen LogP) is 3.92. The highest BCUT2D eigenvalue weighted by Crippen LogP contribution is 2.29. The van der Waals surface area contributed by atoms with Crippen molar-refractivity contribution < 1.29 is 13.9 Å². The largest absolute Gasteiger partial charge is 0.459 e. The molecule has 2 aromatic rings. The molecule has 6 heteroatoms. The topological polar surface area (TPSA) is 54.7 Å². The summed E-state index contributed by atoms with van der Waals surface area (Å²) in [6, 6.07) is 11.1. The molecule has 1 N–H and O–H groups in total. The van der Waals surface area contributed by atoms with Crippen molar-refractivity contribution in [2.45, 2.75) is 32.6 Å². The molecule has 0 bridgehead atoms. The quantitative estimate of drug-likeness (QED) is 0.914. The number of carbonyl (C=O) groups excluding carboxylic acids is 1. The molecule has 1 aromatic heterocycles. The first-order valence-electron chi connectivity index (χ1n) is 8.05. The zero-order valence-electron chi connectivity index (χ0n) is 13.8. The fourth-order valence-corrected chi connectivity index (χ4v) is 3.13. The Morgan fingerprint density at radius 3 is 2.62 bits per heavy atom. The third-order valence-electron chi connectivity index (χ3n) is 3.92. The summed E-state index contributed by atoms with van der Waals surface area (Å²) in [5.74, 6) is 1.38. The van der Waals surface area contributed by atoms with Gasteiger partial charge in [0.2, 0.25) is 0 Å². The molecule has 0 spiro atoms. The van der Waals surface area contributed by atoms with Crippen molar-refractivity contribution in [2.75, 3.05) is 13.1 Å². The van der Waals surface area contributed by atoms with E-state index in [1.165, 1.54) is 0 Å². The van der Waals surface area contributed by atoms with E-state index >= 15 is 0 Å². The van der Waals surface area contributed by atoms with Gasteiger partial charge in [0, 0.05) is 18.7 Å². The summed E-state index contributed by atoms with van der Waals surface area (Å²) >= 11 is 6.18. The van der Waals surface area contributed by atoms with Gasteiger partial charge in [-0.15, -0.1) is 0 Å². The predicted molar refractivity (Wildman–Crippen MR) is 93.0 cm³/mol. The molecule has 1 aliphatic rings. The minimum absolute atomic E-state index is 0.0509. The van der Waals surface area contributed by atoms with E-state index in [-0.39, 0.29) is 18.2 Å². The highest BCUT2D eigenvalue weighted by molar-refractivity contribution is 6.33. The van der Waals surface area contributed by atoms with Crippen LogP contribution < -0.4 is 5.32 Å². The number of nitrogens with one attached hydrogen (secondary N) is 1. The molecule has 2 heterocycles. The Bertz CT molecular complexity index is 706. The number of halogens is 1. The molecule has 0 radical (unpaired) electrons. The lowest BCUT2D eigenvalue weighted by molar-refractivity contribution is -0.0545. The van der Waals surface area contributed by atoms with Crippen LogP contribution >= 0.6 is 11.6 Å². The minimum atomic E-state index is -0.104. The normalized spacial score (nSPS) is 20.9. The van der Waals surface area contributed by atoms with Gasteiger partial charge in [0.05, 0.1) is 23.8 Å². The number of morpholine rings is 1. The Morgan fingerprint density at radius 2 is 1.92 bits per heavy atom. The van der Waals surface area contributed by atoms with Crippen LogP contribution in [-0.4, -0.2) is 36.2 Å². The zero-order chi connectivity index (χ0) is 17.1. The van der Waals surface area contributed by atoms with Crippen molar-refractivity contribution >= 4 is 17.6 Å². The first kappa shape index (κ1) is 16.9. The van der Waals surface area contributed by atoms with Gasteiger partial charge in [-0.05, 0) is 38.1 Å². The van der Waals surface area contributed by atoms with Crippen molar-refractivity contribution in [1.82, 2.24) is 10.2 Å². The number of benzene rings is 1. The van der Waals surface area contributed by atoms with Gasteiger partial charge in [0.15, 0.2) is 0 Å². The van der Waals surface area contributed by atoms with E-state index in [1.54, 1.807) is 4.90 Å². The van der Waals surface area contributed by atoms with E-state index in [0.29, 0.717) is 36.2 Å². The van der Waals surface area contributed by atoms with E-state index in [1.807, 2.05) is 50.2 Å². The number of rotatable bonds is 3. The average molecular weight is 349 g/mol. The summed E-state index contributed by atoms with van der Waals surface area (Å²) in [7, 11) is 0. The third-order valence-corrected chi connectivity index (χ3v) is 4.25. The van der Waals surface area contributed by atoms with Gasteiger partial charge in [0.1, 0.15) is 11.5 Å². The second-order valence-corrected chi connectivity index (χ2v) is 6.47. The Morgan fingerprint density at radius 1 is 1.21 bits per heavy atom. The van der Waals surface area contributed by atoms with Crippen molar-refractivity contribution in [1.29, 1.82) is 0 Å². The molecule has 2 amide bonds. The maximum absolute atomic E-state index is 12.3. The lowest BCUT2D eigenvalue weighted by Gasteiger charge is -2.35. The SMILES string of the molecule is C[C@@H]1CN(C(=O)NCc2ccc(-c3ccccc3Cl)o2)C[C@H](C)O1. The number of hydrogen-bond acceptors (Lipinski definition) is 3. The van der Waals surface area contributed by atoms with Crippen LogP contribution in [-0.2, 0) is 11.3 Å². The van der Waals surface area contributed by atoms with Crippen LogP contribution in [0.3, 0.4) is 0 Å². The van der Waals surface area contributed by atoms with E-state index in [2.05, 4.69) is 5.32 Å². The van der Waals surface area contributed by atoms with Crippen LogP contribution in [0.5, 0.6) is 0 Å². The summed E-state index contributed by atoms with van der Waals surface area (Å²) in [6.45, 7) is 5.47. The highest BCUT2D eigenvalue weighted by atomic mass is 35.5. The second kappa shape index (κ2) is 7.28. The van der Waals surface area contributed by atoms with Crippen LogP contribution in [0.15, 0.2) is 40.8 Å². The lowest BCUT2D eigenvalue weighted by atomic mass is 10.2. The second-order valence-electron chi connectivity index (χ2n) is 6.07. The third kappa shape index (κ3) is 3.91. The number of ether oxygens (including phenoxy) is 1. The lowest BCUT2D eigenvalue weighted by Crippen LogP contribution is -2.51. The molecule has 1 aliphatic heterocycles. The molecule has 1 saturated heterocycles. The van der Waals surface area contributed by atoms with Gasteiger partial charge in [-0.25, -0.2) is 4.79 Å². The van der Waals surface area contributed by atoms with Crippen LogP contribution in [0.1, 0.15) is 19.6 Å². The molecule has 1 fully saturated rings. The Kier molecular flexibility index (Phi) is 5.11. The Labute approximate surface area is 146 Å². The van der Waals surface area contributed by atoms with Crippen molar-refractivity contribution in [2.24, 2.45) is 0 Å². The van der Waals surface area contributed by atoms with E-state index in [9.17, 15) is 4.79 Å². The fraction of sp³-hybridized carbons (Fsp3) is 0.389. The summed E-state index contributed by atoms with van der Waals surface area (Å²) in [5.41, 5.74) is 0.840. The molecule has 0 unspecified atom stereocenters. The molecule has 5 nitrogen and oxygen atoms in total. The van der Waals surface area contributed by atoms with E-state index in [0.717, 1.165) is 5.56 Å².